The highest BCUT2D eigenvalue weighted by atomic mass is 15.3. The molecule has 0 saturated carbocycles. The number of pyridine rings is 1. The highest BCUT2D eigenvalue weighted by Crippen LogP contribution is 2.09. The summed E-state index contributed by atoms with van der Waals surface area (Å²) in [5, 5.41) is 11.7. The van der Waals surface area contributed by atoms with Crippen LogP contribution in [0.15, 0.2) is 30.6 Å². The maximum absolute atomic E-state index is 4.38. The van der Waals surface area contributed by atoms with Gasteiger partial charge in [0.05, 0.1) is 6.20 Å². The SMILES string of the molecule is Cc1c(CNc2nc3ccccn3n2)cnn1C. The third-order valence-corrected chi connectivity index (χ3v) is 3.02. The average molecular weight is 242 g/mol. The maximum Gasteiger partial charge on any atom is 0.243 e. The van der Waals surface area contributed by atoms with Crippen LogP contribution in [0.25, 0.3) is 5.65 Å². The van der Waals surface area contributed by atoms with Crippen molar-refractivity contribution in [1.82, 2.24) is 24.4 Å². The normalized spacial score (nSPS) is 11.0. The Labute approximate surface area is 104 Å². The first-order valence-electron chi connectivity index (χ1n) is 5.77. The summed E-state index contributed by atoms with van der Waals surface area (Å²) >= 11 is 0. The first kappa shape index (κ1) is 10.8. The number of hydrogen-bond acceptors (Lipinski definition) is 4. The smallest absolute Gasteiger partial charge is 0.243 e. The fourth-order valence-corrected chi connectivity index (χ4v) is 1.80. The van der Waals surface area contributed by atoms with Gasteiger partial charge >= 0.3 is 0 Å². The largest absolute Gasteiger partial charge is 0.349 e. The Morgan fingerprint density at radius 3 is 2.94 bits per heavy atom. The van der Waals surface area contributed by atoms with Gasteiger partial charge in [0.15, 0.2) is 5.65 Å². The zero-order valence-corrected chi connectivity index (χ0v) is 10.3. The monoisotopic (exact) mass is 242 g/mol. The summed E-state index contributed by atoms with van der Waals surface area (Å²) in [5.41, 5.74) is 3.13. The molecule has 1 N–H and O–H groups in total. The summed E-state index contributed by atoms with van der Waals surface area (Å²) in [5.74, 6) is 0.629. The Kier molecular flexibility index (Phi) is 2.47. The quantitative estimate of drug-likeness (QED) is 0.754. The molecule has 3 aromatic rings. The van der Waals surface area contributed by atoms with Crippen LogP contribution >= 0.6 is 0 Å². The van der Waals surface area contributed by atoms with Gasteiger partial charge in [-0.3, -0.25) is 4.68 Å². The molecule has 6 heteroatoms. The molecule has 3 heterocycles. The summed E-state index contributed by atoms with van der Waals surface area (Å²) in [7, 11) is 1.93. The van der Waals surface area contributed by atoms with Gasteiger partial charge in [0.1, 0.15) is 0 Å². The van der Waals surface area contributed by atoms with Crippen molar-refractivity contribution in [1.29, 1.82) is 0 Å². The zero-order valence-electron chi connectivity index (χ0n) is 10.3. The van der Waals surface area contributed by atoms with Crippen LogP contribution in [-0.4, -0.2) is 24.4 Å². The summed E-state index contributed by atoms with van der Waals surface area (Å²) in [6.45, 7) is 2.72. The molecule has 18 heavy (non-hydrogen) atoms. The molecule has 0 amide bonds. The van der Waals surface area contributed by atoms with Gasteiger partial charge in [-0.15, -0.1) is 5.10 Å². The second-order valence-electron chi connectivity index (χ2n) is 4.17. The number of aryl methyl sites for hydroxylation is 1. The van der Waals surface area contributed by atoms with Crippen LogP contribution in [0, 0.1) is 6.92 Å². The Morgan fingerprint density at radius 1 is 1.33 bits per heavy atom. The predicted molar refractivity (Wildman–Crippen MR) is 68.3 cm³/mol. The van der Waals surface area contributed by atoms with Gasteiger partial charge in [-0.05, 0) is 19.1 Å². The van der Waals surface area contributed by atoms with Crippen molar-refractivity contribution in [2.45, 2.75) is 13.5 Å². The van der Waals surface area contributed by atoms with Crippen LogP contribution in [0.5, 0.6) is 0 Å². The summed E-state index contributed by atoms with van der Waals surface area (Å²) in [6.07, 6.45) is 3.74. The van der Waals surface area contributed by atoms with Gasteiger partial charge in [0.25, 0.3) is 0 Å². The first-order valence-corrected chi connectivity index (χ1v) is 5.77. The first-order chi connectivity index (χ1) is 8.74. The van der Waals surface area contributed by atoms with E-state index in [9.17, 15) is 0 Å². The van der Waals surface area contributed by atoms with Gasteiger partial charge in [0.2, 0.25) is 5.95 Å². The molecule has 0 fully saturated rings. The second kappa shape index (κ2) is 4.14. The Morgan fingerprint density at radius 2 is 2.22 bits per heavy atom. The van der Waals surface area contributed by atoms with E-state index in [1.54, 1.807) is 4.52 Å². The third-order valence-electron chi connectivity index (χ3n) is 3.02. The second-order valence-corrected chi connectivity index (χ2v) is 4.17. The molecule has 0 aliphatic heterocycles. The van der Waals surface area contributed by atoms with Crippen molar-refractivity contribution in [3.05, 3.63) is 41.9 Å². The standard InChI is InChI=1S/C12H14N6/c1-9-10(8-14-17(9)2)7-13-12-15-11-5-3-4-6-18(11)16-12/h3-6,8H,7H2,1-2H3,(H,13,16). The minimum absolute atomic E-state index is 0.629. The number of fused-ring (bicyclic) bond motifs is 1. The van der Waals surface area contributed by atoms with E-state index in [1.807, 2.05) is 49.2 Å². The molecule has 0 radical (unpaired) electrons. The number of anilines is 1. The van der Waals surface area contributed by atoms with Gasteiger partial charge < -0.3 is 5.32 Å². The van der Waals surface area contributed by atoms with Gasteiger partial charge in [-0.2, -0.15) is 10.1 Å². The molecular formula is C12H14N6. The minimum Gasteiger partial charge on any atom is -0.349 e. The molecule has 0 bridgehead atoms. The Balaban J connectivity index is 1.79. The highest BCUT2D eigenvalue weighted by molar-refractivity contribution is 5.43. The van der Waals surface area contributed by atoms with E-state index in [4.69, 9.17) is 0 Å². The van der Waals surface area contributed by atoms with Crippen molar-refractivity contribution < 1.29 is 0 Å². The lowest BCUT2D eigenvalue weighted by Gasteiger charge is -2.00. The highest BCUT2D eigenvalue weighted by Gasteiger charge is 2.05. The molecule has 3 rings (SSSR count). The summed E-state index contributed by atoms with van der Waals surface area (Å²) in [4.78, 5) is 4.38. The van der Waals surface area contributed by atoms with Gasteiger partial charge in [-0.1, -0.05) is 6.07 Å². The zero-order chi connectivity index (χ0) is 12.5. The van der Waals surface area contributed by atoms with E-state index in [2.05, 4.69) is 20.5 Å². The lowest BCUT2D eigenvalue weighted by Crippen LogP contribution is -2.02. The van der Waals surface area contributed by atoms with Crippen molar-refractivity contribution in [3.63, 3.8) is 0 Å². The molecule has 92 valence electrons. The van der Waals surface area contributed by atoms with Gasteiger partial charge in [0, 0.05) is 31.0 Å². The summed E-state index contributed by atoms with van der Waals surface area (Å²) in [6, 6.07) is 5.79. The number of rotatable bonds is 3. The van der Waals surface area contributed by atoms with E-state index in [0.29, 0.717) is 12.5 Å². The van der Waals surface area contributed by atoms with Crippen LogP contribution < -0.4 is 5.32 Å². The van der Waals surface area contributed by atoms with E-state index in [1.165, 1.54) is 0 Å². The lowest BCUT2D eigenvalue weighted by molar-refractivity contribution is 0.738. The topological polar surface area (TPSA) is 60.0 Å². The van der Waals surface area contributed by atoms with E-state index in [0.717, 1.165) is 16.9 Å². The number of aromatic nitrogens is 5. The van der Waals surface area contributed by atoms with Crippen molar-refractivity contribution in [2.75, 3.05) is 5.32 Å². The molecular weight excluding hydrogens is 228 g/mol. The van der Waals surface area contributed by atoms with Crippen molar-refractivity contribution >= 4 is 11.6 Å². The lowest BCUT2D eigenvalue weighted by atomic mass is 10.2. The number of nitrogens with one attached hydrogen (secondary N) is 1. The fourth-order valence-electron chi connectivity index (χ4n) is 1.80. The summed E-state index contributed by atoms with van der Waals surface area (Å²) < 4.78 is 3.60. The molecule has 0 aliphatic carbocycles. The van der Waals surface area contributed by atoms with Crippen LogP contribution in [0.1, 0.15) is 11.3 Å². The van der Waals surface area contributed by atoms with E-state index < -0.39 is 0 Å². The third kappa shape index (κ3) is 1.81. The van der Waals surface area contributed by atoms with Crippen LogP contribution in [0.3, 0.4) is 0 Å². The predicted octanol–water partition coefficient (Wildman–Crippen LogP) is 1.38. The van der Waals surface area contributed by atoms with Crippen LogP contribution in [0.2, 0.25) is 0 Å². The number of nitrogens with zero attached hydrogens (tertiary/aromatic N) is 5. The van der Waals surface area contributed by atoms with E-state index >= 15 is 0 Å². The van der Waals surface area contributed by atoms with Crippen LogP contribution in [0.4, 0.5) is 5.95 Å². The molecule has 0 unspecified atom stereocenters. The molecule has 0 aromatic carbocycles. The fraction of sp³-hybridized carbons (Fsp3) is 0.250. The Bertz CT molecular complexity index is 648. The average Bonchev–Trinajstić information content (AvgIpc) is 2.92. The molecule has 0 spiro atoms. The minimum atomic E-state index is 0.629. The van der Waals surface area contributed by atoms with Crippen molar-refractivity contribution in [2.24, 2.45) is 7.05 Å². The molecule has 6 nitrogen and oxygen atoms in total. The van der Waals surface area contributed by atoms with Gasteiger partial charge in [-0.25, -0.2) is 4.52 Å². The van der Waals surface area contributed by atoms with E-state index in [-0.39, 0.29) is 0 Å². The molecule has 0 aliphatic rings. The number of hydrogen-bond donors (Lipinski definition) is 1. The molecule has 0 saturated heterocycles. The maximum atomic E-state index is 4.38. The molecule has 0 atom stereocenters. The molecule has 3 aromatic heterocycles. The van der Waals surface area contributed by atoms with Crippen LogP contribution in [-0.2, 0) is 13.6 Å². The van der Waals surface area contributed by atoms with Crippen molar-refractivity contribution in [3.8, 4) is 0 Å². The Hall–Kier alpha value is -2.37.